The molecule has 0 aliphatic carbocycles. The average molecular weight is 190 g/mol. The van der Waals surface area contributed by atoms with Gasteiger partial charge in [-0.25, -0.2) is 0 Å². The maximum Gasteiger partial charge on any atom is -0.0271 e. The SMILES string of the molecule is C=C(C)/C(C)=C\C(=C/C)C(C)=CCC. The molecule has 0 N–H and O–H groups in total. The first-order valence-corrected chi connectivity index (χ1v) is 5.20. The zero-order valence-electron chi connectivity index (χ0n) is 10.1. The predicted octanol–water partition coefficient (Wildman–Crippen LogP) is 4.81. The molecule has 0 aromatic heterocycles. The van der Waals surface area contributed by atoms with Crippen LogP contribution in [0.25, 0.3) is 0 Å². The van der Waals surface area contributed by atoms with E-state index in [1.54, 1.807) is 0 Å². The van der Waals surface area contributed by atoms with Crippen molar-refractivity contribution in [3.8, 4) is 0 Å². The summed E-state index contributed by atoms with van der Waals surface area (Å²) in [6.07, 6.45) is 7.68. The highest BCUT2D eigenvalue weighted by Crippen LogP contribution is 2.16. The van der Waals surface area contributed by atoms with E-state index < -0.39 is 0 Å². The van der Waals surface area contributed by atoms with Crippen molar-refractivity contribution in [3.05, 3.63) is 47.1 Å². The lowest BCUT2D eigenvalue weighted by atomic mass is 10.0. The average Bonchev–Trinajstić information content (AvgIpc) is 2.13. The summed E-state index contributed by atoms with van der Waals surface area (Å²) in [5.41, 5.74) is 5.03. The summed E-state index contributed by atoms with van der Waals surface area (Å²) in [7, 11) is 0. The summed E-state index contributed by atoms with van der Waals surface area (Å²) in [6.45, 7) is 14.5. The number of hydrogen-bond acceptors (Lipinski definition) is 0. The van der Waals surface area contributed by atoms with Crippen LogP contribution in [0, 0.1) is 0 Å². The third-order valence-electron chi connectivity index (χ3n) is 2.32. The largest absolute Gasteiger partial charge is 0.0958 e. The molecule has 0 aliphatic rings. The Labute approximate surface area is 88.7 Å². The fourth-order valence-corrected chi connectivity index (χ4v) is 1.21. The van der Waals surface area contributed by atoms with Crippen LogP contribution in [0.1, 0.15) is 41.0 Å². The molecule has 0 amide bonds. The lowest BCUT2D eigenvalue weighted by Gasteiger charge is -2.05. The van der Waals surface area contributed by atoms with Gasteiger partial charge in [0, 0.05) is 0 Å². The van der Waals surface area contributed by atoms with Crippen LogP contribution in [0.15, 0.2) is 47.1 Å². The molecule has 0 heterocycles. The minimum Gasteiger partial charge on any atom is -0.0958 e. The second-order valence-electron chi connectivity index (χ2n) is 3.65. The number of rotatable bonds is 4. The zero-order chi connectivity index (χ0) is 11.1. The molecular weight excluding hydrogens is 168 g/mol. The van der Waals surface area contributed by atoms with Crippen molar-refractivity contribution in [2.24, 2.45) is 0 Å². The second-order valence-corrected chi connectivity index (χ2v) is 3.65. The summed E-state index contributed by atoms with van der Waals surface area (Å²) >= 11 is 0. The number of hydrogen-bond donors (Lipinski definition) is 0. The van der Waals surface area contributed by atoms with E-state index in [1.807, 2.05) is 6.92 Å². The van der Waals surface area contributed by atoms with E-state index in [0.29, 0.717) is 0 Å². The molecule has 0 rings (SSSR count). The fraction of sp³-hybridized carbons (Fsp3) is 0.429. The molecule has 0 saturated carbocycles. The molecule has 0 saturated heterocycles. The molecule has 0 aromatic carbocycles. The first kappa shape index (κ1) is 13.0. The Morgan fingerprint density at radius 1 is 1.14 bits per heavy atom. The molecule has 0 bridgehead atoms. The molecule has 0 atom stereocenters. The van der Waals surface area contributed by atoms with Gasteiger partial charge in [-0.05, 0) is 50.8 Å². The van der Waals surface area contributed by atoms with Crippen molar-refractivity contribution in [2.45, 2.75) is 41.0 Å². The van der Waals surface area contributed by atoms with Gasteiger partial charge in [-0.1, -0.05) is 37.3 Å². The summed E-state index contributed by atoms with van der Waals surface area (Å²) in [5.74, 6) is 0. The zero-order valence-corrected chi connectivity index (χ0v) is 10.1. The quantitative estimate of drug-likeness (QED) is 0.558. The molecule has 0 radical (unpaired) electrons. The fourth-order valence-electron chi connectivity index (χ4n) is 1.21. The van der Waals surface area contributed by atoms with Crippen LogP contribution in [-0.2, 0) is 0 Å². The van der Waals surface area contributed by atoms with Crippen LogP contribution in [0.5, 0.6) is 0 Å². The van der Waals surface area contributed by atoms with Crippen LogP contribution in [-0.4, -0.2) is 0 Å². The Morgan fingerprint density at radius 2 is 1.71 bits per heavy atom. The lowest BCUT2D eigenvalue weighted by molar-refractivity contribution is 1.18. The smallest absolute Gasteiger partial charge is 0.0271 e. The molecule has 14 heavy (non-hydrogen) atoms. The Bertz CT molecular complexity index is 285. The van der Waals surface area contributed by atoms with E-state index >= 15 is 0 Å². The van der Waals surface area contributed by atoms with Gasteiger partial charge in [-0.15, -0.1) is 0 Å². The third-order valence-corrected chi connectivity index (χ3v) is 2.32. The summed E-state index contributed by atoms with van der Waals surface area (Å²) < 4.78 is 0. The maximum absolute atomic E-state index is 3.93. The van der Waals surface area contributed by atoms with Gasteiger partial charge < -0.3 is 0 Å². The van der Waals surface area contributed by atoms with E-state index in [2.05, 4.69) is 52.5 Å². The van der Waals surface area contributed by atoms with Crippen molar-refractivity contribution < 1.29 is 0 Å². The Kier molecular flexibility index (Phi) is 5.94. The molecule has 0 heteroatoms. The molecule has 0 fully saturated rings. The monoisotopic (exact) mass is 190 g/mol. The van der Waals surface area contributed by atoms with E-state index in [9.17, 15) is 0 Å². The minimum atomic E-state index is 1.09. The van der Waals surface area contributed by atoms with Gasteiger partial charge >= 0.3 is 0 Å². The normalized spacial score (nSPS) is 14.5. The molecule has 0 spiro atoms. The van der Waals surface area contributed by atoms with Crippen molar-refractivity contribution in [1.29, 1.82) is 0 Å². The van der Waals surface area contributed by atoms with Gasteiger partial charge in [0.1, 0.15) is 0 Å². The van der Waals surface area contributed by atoms with E-state index in [1.165, 1.54) is 16.7 Å². The van der Waals surface area contributed by atoms with Crippen LogP contribution in [0.4, 0.5) is 0 Å². The van der Waals surface area contributed by atoms with Gasteiger partial charge in [0.2, 0.25) is 0 Å². The molecule has 0 aliphatic heterocycles. The van der Waals surface area contributed by atoms with Crippen molar-refractivity contribution >= 4 is 0 Å². The Morgan fingerprint density at radius 3 is 2.07 bits per heavy atom. The van der Waals surface area contributed by atoms with Gasteiger partial charge in [0.15, 0.2) is 0 Å². The van der Waals surface area contributed by atoms with Crippen molar-refractivity contribution in [2.75, 3.05) is 0 Å². The first-order chi connectivity index (χ1) is 6.52. The lowest BCUT2D eigenvalue weighted by Crippen LogP contribution is -1.85. The van der Waals surface area contributed by atoms with Gasteiger partial charge in [0.25, 0.3) is 0 Å². The van der Waals surface area contributed by atoms with Gasteiger partial charge in [-0.2, -0.15) is 0 Å². The highest BCUT2D eigenvalue weighted by atomic mass is 14.0. The van der Waals surface area contributed by atoms with E-state index in [-0.39, 0.29) is 0 Å². The Hall–Kier alpha value is -1.04. The van der Waals surface area contributed by atoms with Crippen molar-refractivity contribution in [1.82, 2.24) is 0 Å². The molecule has 78 valence electrons. The van der Waals surface area contributed by atoms with E-state index in [4.69, 9.17) is 0 Å². The first-order valence-electron chi connectivity index (χ1n) is 5.20. The Balaban J connectivity index is 4.87. The van der Waals surface area contributed by atoms with Crippen molar-refractivity contribution in [3.63, 3.8) is 0 Å². The van der Waals surface area contributed by atoms with E-state index in [0.717, 1.165) is 12.0 Å². The molecular formula is C14H22. The van der Waals surface area contributed by atoms with Gasteiger partial charge in [-0.3, -0.25) is 0 Å². The maximum atomic E-state index is 3.93. The molecule has 0 nitrogen and oxygen atoms in total. The standard InChI is InChI=1S/C14H22/c1-7-9-12(5)14(8-2)10-13(6)11(3)4/h8-10H,3,7H2,1-2,4-6H3/b12-9?,13-10-,14-8+. The van der Waals surface area contributed by atoms with Crippen LogP contribution >= 0.6 is 0 Å². The highest BCUT2D eigenvalue weighted by Gasteiger charge is 1.96. The highest BCUT2D eigenvalue weighted by molar-refractivity contribution is 5.43. The second kappa shape index (κ2) is 6.42. The predicted molar refractivity (Wildman–Crippen MR) is 66.4 cm³/mol. The van der Waals surface area contributed by atoms with Crippen LogP contribution in [0.3, 0.4) is 0 Å². The summed E-state index contributed by atoms with van der Waals surface area (Å²) in [4.78, 5) is 0. The summed E-state index contributed by atoms with van der Waals surface area (Å²) in [6, 6.07) is 0. The topological polar surface area (TPSA) is 0 Å². The van der Waals surface area contributed by atoms with Crippen LogP contribution < -0.4 is 0 Å². The van der Waals surface area contributed by atoms with Gasteiger partial charge in [0.05, 0.1) is 0 Å². The third kappa shape index (κ3) is 4.27. The molecule has 0 unspecified atom stereocenters. The van der Waals surface area contributed by atoms with Crippen LogP contribution in [0.2, 0.25) is 0 Å². The number of allylic oxidation sites excluding steroid dienone is 7. The summed E-state index contributed by atoms with van der Waals surface area (Å²) in [5, 5.41) is 0. The minimum absolute atomic E-state index is 1.09. The molecule has 0 aromatic rings.